The Labute approximate surface area is 205 Å². The number of terminal acetylenes is 1. The number of aryl methyl sites for hydroxylation is 1. The predicted molar refractivity (Wildman–Crippen MR) is 134 cm³/mol. The number of hydrogen-bond donors (Lipinski definition) is 2. The van der Waals surface area contributed by atoms with Crippen molar-refractivity contribution in [1.29, 1.82) is 0 Å². The van der Waals surface area contributed by atoms with Crippen LogP contribution in [0.1, 0.15) is 24.0 Å². The van der Waals surface area contributed by atoms with Gasteiger partial charge in [0.15, 0.2) is 5.82 Å². The Bertz CT molecular complexity index is 1650. The SMILES string of the molecule is C#Cc1c(F)ccc2cc(O)cc(-c3oc(=O)c4c(N5CC6CCC(C5)N6)nc(OC)nc4c3C)c12. The molecule has 9 heteroatoms. The van der Waals surface area contributed by atoms with Crippen LogP contribution in [0.25, 0.3) is 33.0 Å². The van der Waals surface area contributed by atoms with E-state index in [-0.39, 0.29) is 28.5 Å². The highest BCUT2D eigenvalue weighted by Gasteiger charge is 2.34. The van der Waals surface area contributed by atoms with E-state index in [9.17, 15) is 14.3 Å². The van der Waals surface area contributed by atoms with Crippen LogP contribution in [0, 0.1) is 25.1 Å². The van der Waals surface area contributed by atoms with Crippen molar-refractivity contribution in [2.24, 2.45) is 0 Å². The van der Waals surface area contributed by atoms with Gasteiger partial charge in [0.2, 0.25) is 0 Å². The lowest BCUT2D eigenvalue weighted by Gasteiger charge is -2.34. The number of anilines is 1. The minimum atomic E-state index is -0.635. The smallest absolute Gasteiger partial charge is 0.349 e. The van der Waals surface area contributed by atoms with Gasteiger partial charge in [-0.3, -0.25) is 0 Å². The van der Waals surface area contributed by atoms with E-state index in [1.54, 1.807) is 6.92 Å². The van der Waals surface area contributed by atoms with Crippen LogP contribution in [0.2, 0.25) is 0 Å². The Morgan fingerprint density at radius 3 is 2.67 bits per heavy atom. The van der Waals surface area contributed by atoms with E-state index in [1.807, 2.05) is 0 Å². The fourth-order valence-electron chi connectivity index (χ4n) is 5.51. The Kier molecular flexibility index (Phi) is 5.09. The number of fused-ring (bicyclic) bond motifs is 4. The van der Waals surface area contributed by atoms with Crippen molar-refractivity contribution in [3.63, 3.8) is 0 Å². The molecular formula is C27H23FN4O4. The summed E-state index contributed by atoms with van der Waals surface area (Å²) in [4.78, 5) is 24.6. The van der Waals surface area contributed by atoms with Crippen LogP contribution in [0.5, 0.6) is 11.8 Å². The zero-order chi connectivity index (χ0) is 25.1. The van der Waals surface area contributed by atoms with Gasteiger partial charge in [-0.25, -0.2) is 9.18 Å². The molecule has 2 fully saturated rings. The molecule has 2 saturated heterocycles. The third-order valence-corrected chi connectivity index (χ3v) is 7.10. The molecule has 2 unspecified atom stereocenters. The molecule has 2 aliphatic rings. The van der Waals surface area contributed by atoms with Crippen molar-refractivity contribution < 1.29 is 18.7 Å². The molecule has 4 aromatic rings. The summed E-state index contributed by atoms with van der Waals surface area (Å²) in [6, 6.07) is 6.42. The second-order valence-corrected chi connectivity index (χ2v) is 9.30. The first-order valence-corrected chi connectivity index (χ1v) is 11.7. The van der Waals surface area contributed by atoms with Gasteiger partial charge in [-0.1, -0.05) is 12.0 Å². The summed E-state index contributed by atoms with van der Waals surface area (Å²) < 4.78 is 25.9. The van der Waals surface area contributed by atoms with Crippen LogP contribution >= 0.6 is 0 Å². The molecule has 182 valence electrons. The van der Waals surface area contributed by atoms with E-state index in [1.165, 1.54) is 31.4 Å². The molecule has 2 aliphatic heterocycles. The number of ether oxygens (including phenoxy) is 1. The summed E-state index contributed by atoms with van der Waals surface area (Å²) in [5.41, 5.74) is 0.562. The van der Waals surface area contributed by atoms with Crippen LogP contribution in [0.15, 0.2) is 33.5 Å². The highest BCUT2D eigenvalue weighted by Crippen LogP contribution is 2.39. The number of phenolic OH excluding ortho intramolecular Hbond substituents is 1. The normalized spacial score (nSPS) is 19.1. The molecule has 2 aromatic carbocycles. The van der Waals surface area contributed by atoms with Crippen molar-refractivity contribution in [2.75, 3.05) is 25.1 Å². The van der Waals surface area contributed by atoms with E-state index in [0.29, 0.717) is 58.4 Å². The van der Waals surface area contributed by atoms with Crippen LogP contribution < -0.4 is 20.6 Å². The van der Waals surface area contributed by atoms with Gasteiger partial charge in [0, 0.05) is 41.7 Å². The average Bonchev–Trinajstić information content (AvgIpc) is 3.22. The summed E-state index contributed by atoms with van der Waals surface area (Å²) in [5.74, 6) is 2.33. The van der Waals surface area contributed by atoms with Crippen LogP contribution in [0.4, 0.5) is 10.2 Å². The van der Waals surface area contributed by atoms with E-state index >= 15 is 0 Å². The Morgan fingerprint density at radius 2 is 1.97 bits per heavy atom. The third kappa shape index (κ3) is 3.37. The van der Waals surface area contributed by atoms with Crippen molar-refractivity contribution in [1.82, 2.24) is 15.3 Å². The number of aromatic hydroxyl groups is 1. The summed E-state index contributed by atoms with van der Waals surface area (Å²) >= 11 is 0. The van der Waals surface area contributed by atoms with E-state index in [4.69, 9.17) is 15.6 Å². The maximum atomic E-state index is 14.6. The highest BCUT2D eigenvalue weighted by molar-refractivity contribution is 6.03. The van der Waals surface area contributed by atoms with Gasteiger partial charge in [0.1, 0.15) is 22.7 Å². The predicted octanol–water partition coefficient (Wildman–Crippen LogP) is 3.49. The number of rotatable bonds is 3. The molecule has 0 aliphatic carbocycles. The average molecular weight is 487 g/mol. The molecule has 36 heavy (non-hydrogen) atoms. The molecule has 0 radical (unpaired) electrons. The minimum Gasteiger partial charge on any atom is -0.508 e. The van der Waals surface area contributed by atoms with Gasteiger partial charge in [-0.15, -0.1) is 6.42 Å². The number of halogens is 1. The third-order valence-electron chi connectivity index (χ3n) is 7.10. The number of aromatic nitrogens is 2. The second-order valence-electron chi connectivity index (χ2n) is 9.30. The molecule has 0 spiro atoms. The zero-order valence-electron chi connectivity index (χ0n) is 19.8. The molecular weight excluding hydrogens is 463 g/mol. The maximum absolute atomic E-state index is 14.6. The fraction of sp³-hybridized carbons (Fsp3) is 0.296. The van der Waals surface area contributed by atoms with Gasteiger partial charge in [-0.2, -0.15) is 9.97 Å². The molecule has 2 atom stereocenters. The number of piperazine rings is 1. The molecule has 8 nitrogen and oxygen atoms in total. The van der Waals surface area contributed by atoms with Crippen LogP contribution in [-0.4, -0.2) is 47.4 Å². The zero-order valence-corrected chi connectivity index (χ0v) is 19.8. The molecule has 6 rings (SSSR count). The van der Waals surface area contributed by atoms with Gasteiger partial charge < -0.3 is 24.5 Å². The summed E-state index contributed by atoms with van der Waals surface area (Å²) in [5, 5.41) is 15.1. The van der Waals surface area contributed by atoms with Gasteiger partial charge in [0.25, 0.3) is 0 Å². The molecule has 2 bridgehead atoms. The summed E-state index contributed by atoms with van der Waals surface area (Å²) in [6.07, 6.45) is 7.77. The lowest BCUT2D eigenvalue weighted by atomic mass is 9.95. The Morgan fingerprint density at radius 1 is 1.22 bits per heavy atom. The van der Waals surface area contributed by atoms with Crippen molar-refractivity contribution in [3.05, 3.63) is 51.6 Å². The molecule has 0 saturated carbocycles. The number of hydrogen-bond acceptors (Lipinski definition) is 8. The Balaban J connectivity index is 1.65. The summed E-state index contributed by atoms with van der Waals surface area (Å²) in [7, 11) is 1.47. The Hall–Kier alpha value is -4.16. The van der Waals surface area contributed by atoms with Crippen molar-refractivity contribution in [2.45, 2.75) is 31.8 Å². The number of nitrogens with zero attached hydrogens (tertiary/aromatic N) is 3. The quantitative estimate of drug-likeness (QED) is 0.425. The molecule has 0 amide bonds. The molecule has 2 aromatic heterocycles. The minimum absolute atomic E-state index is 0.0156. The first-order chi connectivity index (χ1) is 17.4. The van der Waals surface area contributed by atoms with Crippen molar-refractivity contribution >= 4 is 27.5 Å². The second kappa shape index (κ2) is 8.21. The van der Waals surface area contributed by atoms with E-state index in [0.717, 1.165) is 12.8 Å². The lowest BCUT2D eigenvalue weighted by molar-refractivity contribution is 0.380. The first kappa shape index (κ1) is 22.3. The van der Waals surface area contributed by atoms with Crippen LogP contribution in [0.3, 0.4) is 0 Å². The van der Waals surface area contributed by atoms with Gasteiger partial charge >= 0.3 is 11.6 Å². The van der Waals surface area contributed by atoms with E-state index < -0.39 is 11.4 Å². The number of phenols is 1. The number of benzene rings is 2. The standard InChI is InChI=1S/C27H23FN4O4/c1-4-18-20(28)8-5-14-9-17(33)10-19(21(14)18)24-13(2)23-22(26(34)36-24)25(31-27(30-23)35-3)32-11-15-6-7-16(12-32)29-15/h1,5,8-10,15-16,29,33H,6-7,11-12H2,2-3H3. The number of nitrogens with one attached hydrogen (secondary N) is 1. The maximum Gasteiger partial charge on any atom is 0.349 e. The largest absolute Gasteiger partial charge is 0.508 e. The molecule has 4 heterocycles. The van der Waals surface area contributed by atoms with Gasteiger partial charge in [-0.05, 0) is 43.4 Å². The number of methoxy groups -OCH3 is 1. The van der Waals surface area contributed by atoms with Crippen molar-refractivity contribution in [3.8, 4) is 35.4 Å². The van der Waals surface area contributed by atoms with E-state index in [2.05, 4.69) is 26.1 Å². The van der Waals surface area contributed by atoms with Crippen LogP contribution in [-0.2, 0) is 0 Å². The molecule has 2 N–H and O–H groups in total. The summed E-state index contributed by atoms with van der Waals surface area (Å²) in [6.45, 7) is 3.16. The lowest BCUT2D eigenvalue weighted by Crippen LogP contribution is -2.51. The monoisotopic (exact) mass is 486 g/mol. The van der Waals surface area contributed by atoms with Gasteiger partial charge in [0.05, 0.1) is 18.2 Å². The topological polar surface area (TPSA) is 101 Å². The first-order valence-electron chi connectivity index (χ1n) is 11.7. The fourth-order valence-corrected chi connectivity index (χ4v) is 5.51. The highest BCUT2D eigenvalue weighted by atomic mass is 19.1.